The van der Waals surface area contributed by atoms with Gasteiger partial charge in [-0.15, -0.1) is 0 Å². The van der Waals surface area contributed by atoms with Crippen LogP contribution in [0, 0.1) is 13.8 Å². The Hall–Kier alpha value is -1.36. The van der Waals surface area contributed by atoms with Crippen molar-refractivity contribution in [3.05, 3.63) is 17.0 Å². The zero-order chi connectivity index (χ0) is 10.0. The summed E-state index contributed by atoms with van der Waals surface area (Å²) in [6.45, 7) is 3.71. The summed E-state index contributed by atoms with van der Waals surface area (Å²) in [6.07, 6.45) is 0. The minimum Gasteiger partial charge on any atom is -0.282 e. The highest BCUT2D eigenvalue weighted by Crippen LogP contribution is 2.10. The summed E-state index contributed by atoms with van der Waals surface area (Å²) in [4.78, 5) is 16.3. The van der Waals surface area contributed by atoms with Crippen LogP contribution >= 0.6 is 0 Å². The van der Waals surface area contributed by atoms with Crippen LogP contribution in [0.25, 0.3) is 0 Å². The molecule has 1 aromatic rings. The van der Waals surface area contributed by atoms with Crippen LogP contribution in [0.15, 0.2) is 0 Å². The van der Waals surface area contributed by atoms with Gasteiger partial charge in [0.15, 0.2) is 5.69 Å². The fourth-order valence-corrected chi connectivity index (χ4v) is 0.925. The SMILES string of the molecule is CON(C)C(=O)c1n[nH]c(C)c1C. The number of hydrogen-bond acceptors (Lipinski definition) is 3. The molecule has 1 rings (SSSR count). The van der Waals surface area contributed by atoms with Gasteiger partial charge in [0.25, 0.3) is 5.91 Å². The summed E-state index contributed by atoms with van der Waals surface area (Å²) in [6, 6.07) is 0. The van der Waals surface area contributed by atoms with E-state index in [2.05, 4.69) is 10.2 Å². The van der Waals surface area contributed by atoms with Crippen molar-refractivity contribution < 1.29 is 9.63 Å². The summed E-state index contributed by atoms with van der Waals surface area (Å²) in [7, 11) is 2.98. The van der Waals surface area contributed by atoms with Gasteiger partial charge in [-0.25, -0.2) is 5.06 Å². The number of nitrogens with zero attached hydrogens (tertiary/aromatic N) is 2. The quantitative estimate of drug-likeness (QED) is 0.685. The lowest BCUT2D eigenvalue weighted by molar-refractivity contribution is -0.0761. The van der Waals surface area contributed by atoms with Crippen molar-refractivity contribution in [2.75, 3.05) is 14.2 Å². The van der Waals surface area contributed by atoms with Crippen LogP contribution in [0.1, 0.15) is 21.7 Å². The lowest BCUT2D eigenvalue weighted by Crippen LogP contribution is -2.26. The van der Waals surface area contributed by atoms with Crippen LogP contribution in [0.4, 0.5) is 0 Å². The van der Waals surface area contributed by atoms with E-state index in [1.54, 1.807) is 7.05 Å². The molecule has 0 unspecified atom stereocenters. The number of hydroxylamine groups is 2. The van der Waals surface area contributed by atoms with Gasteiger partial charge in [0.2, 0.25) is 0 Å². The Bertz CT molecular complexity index is 319. The summed E-state index contributed by atoms with van der Waals surface area (Å²) >= 11 is 0. The van der Waals surface area contributed by atoms with Crippen molar-refractivity contribution >= 4 is 5.91 Å². The number of carbonyl (C=O) groups is 1. The van der Waals surface area contributed by atoms with Crippen molar-refractivity contribution in [1.29, 1.82) is 0 Å². The van der Waals surface area contributed by atoms with E-state index in [0.717, 1.165) is 16.3 Å². The van der Waals surface area contributed by atoms with E-state index in [4.69, 9.17) is 4.84 Å². The van der Waals surface area contributed by atoms with Gasteiger partial charge in [-0.2, -0.15) is 5.10 Å². The average Bonchev–Trinajstić information content (AvgIpc) is 2.45. The van der Waals surface area contributed by atoms with Gasteiger partial charge < -0.3 is 0 Å². The third-order valence-corrected chi connectivity index (χ3v) is 2.02. The maximum absolute atomic E-state index is 11.5. The standard InChI is InChI=1S/C8H13N3O2/c1-5-6(2)9-10-7(5)8(12)11(3)13-4/h1-4H3,(H,9,10). The number of rotatable bonds is 2. The molecule has 1 aromatic heterocycles. The number of carbonyl (C=O) groups excluding carboxylic acids is 1. The molecular formula is C8H13N3O2. The fourth-order valence-electron chi connectivity index (χ4n) is 0.925. The Morgan fingerprint density at radius 2 is 2.15 bits per heavy atom. The third-order valence-electron chi connectivity index (χ3n) is 2.02. The number of H-pyrrole nitrogens is 1. The van der Waals surface area contributed by atoms with Crippen LogP contribution in [0.3, 0.4) is 0 Å². The van der Waals surface area contributed by atoms with Crippen molar-refractivity contribution in [1.82, 2.24) is 15.3 Å². The van der Waals surface area contributed by atoms with E-state index >= 15 is 0 Å². The maximum Gasteiger partial charge on any atom is 0.297 e. The molecule has 0 aromatic carbocycles. The number of hydrogen-bond donors (Lipinski definition) is 1. The predicted molar refractivity (Wildman–Crippen MR) is 47.2 cm³/mol. The summed E-state index contributed by atoms with van der Waals surface area (Å²) in [5.41, 5.74) is 2.16. The number of aromatic nitrogens is 2. The van der Waals surface area contributed by atoms with Crippen LogP contribution in [-0.4, -0.2) is 35.3 Å². The molecule has 0 fully saturated rings. The van der Waals surface area contributed by atoms with E-state index < -0.39 is 0 Å². The zero-order valence-corrected chi connectivity index (χ0v) is 8.21. The first-order valence-electron chi connectivity index (χ1n) is 3.91. The lowest BCUT2D eigenvalue weighted by atomic mass is 10.2. The Morgan fingerprint density at radius 3 is 2.54 bits per heavy atom. The molecule has 1 amide bonds. The van der Waals surface area contributed by atoms with Crippen molar-refractivity contribution in [3.63, 3.8) is 0 Å². The topological polar surface area (TPSA) is 58.2 Å². The smallest absolute Gasteiger partial charge is 0.282 e. The molecule has 1 N–H and O–H groups in total. The molecule has 72 valence electrons. The molecule has 5 nitrogen and oxygen atoms in total. The van der Waals surface area contributed by atoms with Gasteiger partial charge >= 0.3 is 0 Å². The molecule has 0 bridgehead atoms. The minimum atomic E-state index is -0.246. The van der Waals surface area contributed by atoms with E-state index in [9.17, 15) is 4.79 Å². The first kappa shape index (κ1) is 9.73. The molecule has 5 heteroatoms. The molecule has 0 aliphatic rings. The van der Waals surface area contributed by atoms with E-state index in [1.807, 2.05) is 13.8 Å². The highest BCUT2D eigenvalue weighted by molar-refractivity contribution is 5.92. The third kappa shape index (κ3) is 1.70. The molecule has 13 heavy (non-hydrogen) atoms. The fraction of sp³-hybridized carbons (Fsp3) is 0.500. The molecule has 0 aliphatic carbocycles. The van der Waals surface area contributed by atoms with Crippen LogP contribution in [0.2, 0.25) is 0 Å². The highest BCUT2D eigenvalue weighted by atomic mass is 16.7. The largest absolute Gasteiger partial charge is 0.297 e. The molecule has 1 heterocycles. The summed E-state index contributed by atoms with van der Waals surface area (Å²) in [5.74, 6) is -0.246. The number of aromatic amines is 1. The lowest BCUT2D eigenvalue weighted by Gasteiger charge is -2.11. The normalized spacial score (nSPS) is 10.2. The summed E-state index contributed by atoms with van der Waals surface area (Å²) < 4.78 is 0. The Balaban J connectivity index is 2.95. The average molecular weight is 183 g/mol. The molecular weight excluding hydrogens is 170 g/mol. The zero-order valence-electron chi connectivity index (χ0n) is 8.21. The van der Waals surface area contributed by atoms with E-state index in [1.165, 1.54) is 7.11 Å². The van der Waals surface area contributed by atoms with Gasteiger partial charge in [0, 0.05) is 18.3 Å². The van der Waals surface area contributed by atoms with Gasteiger partial charge in [0.1, 0.15) is 0 Å². The Morgan fingerprint density at radius 1 is 1.54 bits per heavy atom. The molecule has 0 aliphatic heterocycles. The predicted octanol–water partition coefficient (Wildman–Crippen LogP) is 0.660. The first-order valence-corrected chi connectivity index (χ1v) is 3.91. The maximum atomic E-state index is 11.5. The van der Waals surface area contributed by atoms with Crippen molar-refractivity contribution in [3.8, 4) is 0 Å². The molecule has 0 atom stereocenters. The first-order chi connectivity index (χ1) is 6.07. The van der Waals surface area contributed by atoms with Crippen LogP contribution < -0.4 is 0 Å². The van der Waals surface area contributed by atoms with Gasteiger partial charge in [-0.1, -0.05) is 0 Å². The van der Waals surface area contributed by atoms with Crippen molar-refractivity contribution in [2.45, 2.75) is 13.8 Å². The second-order valence-corrected chi connectivity index (χ2v) is 2.81. The number of amides is 1. The highest BCUT2D eigenvalue weighted by Gasteiger charge is 2.17. The monoisotopic (exact) mass is 183 g/mol. The molecule has 0 spiro atoms. The Kier molecular flexibility index (Phi) is 2.67. The molecule has 0 radical (unpaired) electrons. The molecule has 0 saturated heterocycles. The Labute approximate surface area is 76.6 Å². The van der Waals surface area contributed by atoms with Crippen LogP contribution in [0.5, 0.6) is 0 Å². The summed E-state index contributed by atoms with van der Waals surface area (Å²) in [5, 5.41) is 7.77. The van der Waals surface area contributed by atoms with Gasteiger partial charge in [-0.3, -0.25) is 14.7 Å². The van der Waals surface area contributed by atoms with Gasteiger partial charge in [0.05, 0.1) is 7.11 Å². The van der Waals surface area contributed by atoms with Gasteiger partial charge in [-0.05, 0) is 13.8 Å². The number of aryl methyl sites for hydroxylation is 1. The van der Waals surface area contributed by atoms with E-state index in [0.29, 0.717) is 5.69 Å². The second kappa shape index (κ2) is 3.57. The minimum absolute atomic E-state index is 0.246. The van der Waals surface area contributed by atoms with Crippen LogP contribution in [-0.2, 0) is 4.84 Å². The van der Waals surface area contributed by atoms with E-state index in [-0.39, 0.29) is 5.91 Å². The second-order valence-electron chi connectivity index (χ2n) is 2.81. The number of nitrogens with one attached hydrogen (secondary N) is 1. The molecule has 0 saturated carbocycles. The van der Waals surface area contributed by atoms with Crippen molar-refractivity contribution in [2.24, 2.45) is 0 Å².